The average Bonchev–Trinajstić information content (AvgIpc) is 2.20. The fraction of sp³-hybridized carbons (Fsp3) is 0.300. The number of aromatic carboxylic acids is 1. The highest BCUT2D eigenvalue weighted by atomic mass is 79.9. The smallest absolute Gasteiger partial charge is 0.336 e. The third-order valence-corrected chi connectivity index (χ3v) is 2.41. The Morgan fingerprint density at radius 2 is 2.27 bits per heavy atom. The van der Waals surface area contributed by atoms with Gasteiger partial charge in [-0.2, -0.15) is 0 Å². The van der Waals surface area contributed by atoms with Crippen LogP contribution < -0.4 is 4.74 Å². The number of carboxylic acids is 1. The highest BCUT2D eigenvalue weighted by Crippen LogP contribution is 2.22. The Hall–Kier alpha value is -1.10. The fourth-order valence-electron chi connectivity index (χ4n) is 1.00. The van der Waals surface area contributed by atoms with Gasteiger partial charge in [-0.25, -0.2) is 4.79 Å². The summed E-state index contributed by atoms with van der Waals surface area (Å²) in [4.78, 5) is 10.8. The Morgan fingerprint density at radius 3 is 2.87 bits per heavy atom. The maximum Gasteiger partial charge on any atom is 0.336 e. The number of halogens is 2. The third-order valence-electron chi connectivity index (χ3n) is 1.71. The number of benzene rings is 1. The van der Waals surface area contributed by atoms with E-state index in [-0.39, 0.29) is 12.2 Å². The van der Waals surface area contributed by atoms with Gasteiger partial charge in [0.25, 0.3) is 0 Å². The van der Waals surface area contributed by atoms with Crippen LogP contribution in [0.15, 0.2) is 22.7 Å². The van der Waals surface area contributed by atoms with Crippen LogP contribution >= 0.6 is 15.9 Å². The van der Waals surface area contributed by atoms with Gasteiger partial charge in [-0.1, -0.05) is 0 Å². The molecule has 0 radical (unpaired) electrons. The monoisotopic (exact) mass is 276 g/mol. The molecule has 0 aliphatic carbocycles. The number of hydrogen-bond donors (Lipinski definition) is 1. The summed E-state index contributed by atoms with van der Waals surface area (Å²) in [5.74, 6) is -0.595. The molecule has 1 rings (SSSR count). The van der Waals surface area contributed by atoms with Gasteiger partial charge in [-0.3, -0.25) is 4.39 Å². The van der Waals surface area contributed by atoms with E-state index in [1.165, 1.54) is 6.07 Å². The van der Waals surface area contributed by atoms with Gasteiger partial charge in [0.05, 0.1) is 18.8 Å². The van der Waals surface area contributed by atoms with Crippen LogP contribution in [0.4, 0.5) is 4.39 Å². The minimum Gasteiger partial charge on any atom is -0.493 e. The van der Waals surface area contributed by atoms with Crippen molar-refractivity contribution >= 4 is 21.9 Å². The first-order valence-corrected chi connectivity index (χ1v) is 5.16. The molecule has 0 bridgehead atoms. The van der Waals surface area contributed by atoms with Crippen LogP contribution in [0.2, 0.25) is 0 Å². The van der Waals surface area contributed by atoms with Gasteiger partial charge in [0.1, 0.15) is 5.75 Å². The molecule has 0 aliphatic rings. The van der Waals surface area contributed by atoms with E-state index in [0.29, 0.717) is 16.6 Å². The van der Waals surface area contributed by atoms with Crippen molar-refractivity contribution in [2.24, 2.45) is 0 Å². The molecule has 15 heavy (non-hydrogen) atoms. The maximum atomic E-state index is 11.8. The molecule has 0 aromatic heterocycles. The minimum atomic E-state index is -1.03. The molecule has 0 unspecified atom stereocenters. The Balaban J connectivity index is 2.74. The molecule has 1 N–H and O–H groups in total. The van der Waals surface area contributed by atoms with E-state index in [4.69, 9.17) is 9.84 Å². The van der Waals surface area contributed by atoms with Crippen LogP contribution in [0.1, 0.15) is 16.8 Å². The number of hydrogen-bond acceptors (Lipinski definition) is 2. The molecule has 0 atom stereocenters. The van der Waals surface area contributed by atoms with Gasteiger partial charge in [0, 0.05) is 10.9 Å². The fourth-order valence-corrected chi connectivity index (χ4v) is 1.42. The summed E-state index contributed by atoms with van der Waals surface area (Å²) in [6, 6.07) is 4.63. The van der Waals surface area contributed by atoms with Crippen molar-refractivity contribution in [2.75, 3.05) is 13.3 Å². The minimum absolute atomic E-state index is 0.132. The summed E-state index contributed by atoms with van der Waals surface area (Å²) in [6.07, 6.45) is 0.304. The van der Waals surface area contributed by atoms with Crippen molar-refractivity contribution < 1.29 is 19.0 Å². The molecular weight excluding hydrogens is 267 g/mol. The van der Waals surface area contributed by atoms with Crippen LogP contribution in [0.5, 0.6) is 5.75 Å². The Bertz CT molecular complexity index is 355. The van der Waals surface area contributed by atoms with Gasteiger partial charge in [0.2, 0.25) is 0 Å². The summed E-state index contributed by atoms with van der Waals surface area (Å²) >= 11 is 3.12. The Kier molecular flexibility index (Phi) is 4.55. The van der Waals surface area contributed by atoms with Crippen molar-refractivity contribution in [3.63, 3.8) is 0 Å². The number of carbonyl (C=O) groups is 1. The van der Waals surface area contributed by atoms with Gasteiger partial charge >= 0.3 is 5.97 Å². The molecule has 0 amide bonds. The first-order chi connectivity index (χ1) is 7.15. The summed E-state index contributed by atoms with van der Waals surface area (Å²) in [5, 5.41) is 8.82. The molecule has 0 aliphatic heterocycles. The van der Waals surface area contributed by atoms with Crippen molar-refractivity contribution in [3.8, 4) is 5.75 Å². The predicted molar refractivity (Wildman–Crippen MR) is 57.2 cm³/mol. The standard InChI is InChI=1S/C10H10BrFO3/c11-9-3-2-7(15-5-1-4-12)6-8(9)10(13)14/h2-3,6H,1,4-5H2,(H,13,14). The molecule has 5 heteroatoms. The van der Waals surface area contributed by atoms with E-state index in [0.717, 1.165) is 0 Å². The molecule has 0 saturated heterocycles. The van der Waals surface area contributed by atoms with Gasteiger partial charge in [0.15, 0.2) is 0 Å². The number of ether oxygens (including phenoxy) is 1. The summed E-state index contributed by atoms with van der Waals surface area (Å²) in [6.45, 7) is -0.195. The largest absolute Gasteiger partial charge is 0.493 e. The van der Waals surface area contributed by atoms with Gasteiger partial charge < -0.3 is 9.84 Å². The van der Waals surface area contributed by atoms with E-state index < -0.39 is 12.6 Å². The van der Waals surface area contributed by atoms with Gasteiger partial charge in [-0.05, 0) is 34.1 Å². The van der Waals surface area contributed by atoms with Crippen LogP contribution in [-0.4, -0.2) is 24.4 Å². The highest BCUT2D eigenvalue weighted by molar-refractivity contribution is 9.10. The summed E-state index contributed by atoms with van der Waals surface area (Å²) in [5.41, 5.74) is 0.132. The lowest BCUT2D eigenvalue weighted by Crippen LogP contribution is -2.01. The van der Waals surface area contributed by atoms with Crippen molar-refractivity contribution in [3.05, 3.63) is 28.2 Å². The van der Waals surface area contributed by atoms with Crippen molar-refractivity contribution in [2.45, 2.75) is 6.42 Å². The topological polar surface area (TPSA) is 46.5 Å². The van der Waals surface area contributed by atoms with Crippen LogP contribution in [0.25, 0.3) is 0 Å². The third kappa shape index (κ3) is 3.51. The summed E-state index contributed by atoms with van der Waals surface area (Å²) in [7, 11) is 0. The molecule has 1 aromatic rings. The highest BCUT2D eigenvalue weighted by Gasteiger charge is 2.09. The molecular formula is C10H10BrFO3. The van der Waals surface area contributed by atoms with E-state index >= 15 is 0 Å². The zero-order valence-electron chi connectivity index (χ0n) is 7.87. The molecule has 3 nitrogen and oxygen atoms in total. The van der Waals surface area contributed by atoms with E-state index in [1.807, 2.05) is 0 Å². The Morgan fingerprint density at radius 1 is 1.53 bits per heavy atom. The van der Waals surface area contributed by atoms with Crippen molar-refractivity contribution in [1.82, 2.24) is 0 Å². The molecule has 0 spiro atoms. The van der Waals surface area contributed by atoms with Crippen LogP contribution in [0.3, 0.4) is 0 Å². The van der Waals surface area contributed by atoms with Crippen LogP contribution in [0, 0.1) is 0 Å². The normalized spacial score (nSPS) is 10.0. The zero-order chi connectivity index (χ0) is 11.3. The predicted octanol–water partition coefficient (Wildman–Crippen LogP) is 2.89. The lowest BCUT2D eigenvalue weighted by atomic mass is 10.2. The molecule has 1 aromatic carbocycles. The maximum absolute atomic E-state index is 11.8. The zero-order valence-corrected chi connectivity index (χ0v) is 9.46. The second-order valence-corrected chi connectivity index (χ2v) is 3.69. The lowest BCUT2D eigenvalue weighted by molar-refractivity contribution is 0.0695. The van der Waals surface area contributed by atoms with E-state index in [9.17, 15) is 9.18 Å². The second-order valence-electron chi connectivity index (χ2n) is 2.84. The van der Waals surface area contributed by atoms with E-state index in [1.54, 1.807) is 12.1 Å². The number of carboxylic acid groups (broad SMARTS) is 1. The first kappa shape index (κ1) is 12.0. The molecule has 0 fully saturated rings. The van der Waals surface area contributed by atoms with E-state index in [2.05, 4.69) is 15.9 Å². The first-order valence-electron chi connectivity index (χ1n) is 4.36. The number of alkyl halides is 1. The van der Waals surface area contributed by atoms with Crippen LogP contribution in [-0.2, 0) is 0 Å². The Labute approximate surface area is 95.0 Å². The quantitative estimate of drug-likeness (QED) is 0.842. The van der Waals surface area contributed by atoms with Crippen molar-refractivity contribution in [1.29, 1.82) is 0 Å². The second kappa shape index (κ2) is 5.70. The average molecular weight is 277 g/mol. The molecule has 0 saturated carbocycles. The van der Waals surface area contributed by atoms with Gasteiger partial charge in [-0.15, -0.1) is 0 Å². The summed E-state index contributed by atoms with van der Waals surface area (Å²) < 4.78 is 17.4. The lowest BCUT2D eigenvalue weighted by Gasteiger charge is -2.06. The molecule has 0 heterocycles. The molecule has 82 valence electrons. The number of rotatable bonds is 5. The SMILES string of the molecule is O=C(O)c1cc(OCCCF)ccc1Br.